The highest BCUT2D eigenvalue weighted by atomic mass is 16.2. The summed E-state index contributed by atoms with van der Waals surface area (Å²) >= 11 is 0. The maximum Gasteiger partial charge on any atom is 0.257 e. The minimum atomic E-state index is -0.00625. The van der Waals surface area contributed by atoms with Crippen LogP contribution in [0.4, 0.5) is 5.69 Å². The smallest absolute Gasteiger partial charge is 0.257 e. The van der Waals surface area contributed by atoms with Crippen LogP contribution in [0.25, 0.3) is 0 Å². The van der Waals surface area contributed by atoms with Gasteiger partial charge in [-0.25, -0.2) is 0 Å². The van der Waals surface area contributed by atoms with Crippen LogP contribution in [0.3, 0.4) is 0 Å². The topological polar surface area (TPSA) is 71.2 Å². The highest BCUT2D eigenvalue weighted by molar-refractivity contribution is 5.99. The van der Waals surface area contributed by atoms with Crippen molar-refractivity contribution >= 4 is 11.6 Å². The van der Waals surface area contributed by atoms with Gasteiger partial charge in [0.15, 0.2) is 0 Å². The Morgan fingerprint density at radius 2 is 2.20 bits per heavy atom. The monoisotopic (exact) mass is 278 g/mol. The van der Waals surface area contributed by atoms with Gasteiger partial charge in [0.05, 0.1) is 11.3 Å². The molecular formula is C15H26N4O. The number of rotatable bonds is 7. The van der Waals surface area contributed by atoms with Crippen molar-refractivity contribution in [1.29, 1.82) is 0 Å². The lowest BCUT2D eigenvalue weighted by Gasteiger charge is -2.29. The standard InChI is InChI=1S/C15H26N4O/c1-5-7-8-19(12(4)6-2)15(20)13-10-17-11(3)9-14(13)18-16/h9-10,12H,5-8,16H2,1-4H3,(H,17,18). The molecule has 1 amide bonds. The molecule has 0 radical (unpaired) electrons. The fraction of sp³-hybridized carbons (Fsp3) is 0.600. The first kappa shape index (κ1) is 16.4. The van der Waals surface area contributed by atoms with Gasteiger partial charge in [0.1, 0.15) is 0 Å². The third-order valence-corrected chi connectivity index (χ3v) is 3.56. The fourth-order valence-corrected chi connectivity index (χ4v) is 2.08. The van der Waals surface area contributed by atoms with E-state index in [1.54, 1.807) is 12.3 Å². The predicted molar refractivity (Wildman–Crippen MR) is 82.5 cm³/mol. The van der Waals surface area contributed by atoms with E-state index in [1.807, 2.05) is 11.8 Å². The van der Waals surface area contributed by atoms with Crippen molar-refractivity contribution in [3.8, 4) is 0 Å². The van der Waals surface area contributed by atoms with Crippen LogP contribution < -0.4 is 11.3 Å². The first-order valence-corrected chi connectivity index (χ1v) is 7.29. The van der Waals surface area contributed by atoms with Crippen LogP contribution in [-0.2, 0) is 0 Å². The SMILES string of the molecule is CCCCN(C(=O)c1cnc(C)cc1NN)C(C)CC. The molecule has 1 atom stereocenters. The summed E-state index contributed by atoms with van der Waals surface area (Å²) in [5.41, 5.74) is 4.60. The Morgan fingerprint density at radius 3 is 2.75 bits per heavy atom. The molecule has 112 valence electrons. The molecule has 1 aromatic rings. The summed E-state index contributed by atoms with van der Waals surface area (Å²) in [7, 11) is 0. The van der Waals surface area contributed by atoms with E-state index in [2.05, 4.69) is 31.2 Å². The lowest BCUT2D eigenvalue weighted by atomic mass is 10.1. The second-order valence-electron chi connectivity index (χ2n) is 5.12. The minimum Gasteiger partial charge on any atom is -0.336 e. The number of hydrogen-bond acceptors (Lipinski definition) is 4. The molecule has 5 heteroatoms. The Kier molecular flexibility index (Phi) is 6.45. The number of carbonyl (C=O) groups is 1. The molecule has 0 bridgehead atoms. The average Bonchev–Trinajstić information content (AvgIpc) is 2.46. The van der Waals surface area contributed by atoms with Crippen molar-refractivity contribution in [3.05, 3.63) is 23.5 Å². The number of carbonyl (C=O) groups excluding carboxylic acids is 1. The molecule has 20 heavy (non-hydrogen) atoms. The van der Waals surface area contributed by atoms with Crippen molar-refractivity contribution in [2.45, 2.75) is 53.0 Å². The largest absolute Gasteiger partial charge is 0.336 e. The Balaban J connectivity index is 3.04. The molecule has 0 spiro atoms. The van der Waals surface area contributed by atoms with Gasteiger partial charge in [-0.2, -0.15) is 0 Å². The van der Waals surface area contributed by atoms with E-state index < -0.39 is 0 Å². The van der Waals surface area contributed by atoms with Crippen LogP contribution in [0, 0.1) is 6.92 Å². The quantitative estimate of drug-likeness (QED) is 0.594. The van der Waals surface area contributed by atoms with Gasteiger partial charge in [-0.05, 0) is 32.8 Å². The van der Waals surface area contributed by atoms with Crippen LogP contribution in [0.15, 0.2) is 12.3 Å². The fourth-order valence-electron chi connectivity index (χ4n) is 2.08. The first-order chi connectivity index (χ1) is 9.54. The van der Waals surface area contributed by atoms with Gasteiger partial charge in [-0.15, -0.1) is 0 Å². The summed E-state index contributed by atoms with van der Waals surface area (Å²) in [5.74, 6) is 5.51. The zero-order valence-corrected chi connectivity index (χ0v) is 12.9. The summed E-state index contributed by atoms with van der Waals surface area (Å²) in [6, 6.07) is 2.00. The van der Waals surface area contributed by atoms with Crippen molar-refractivity contribution in [3.63, 3.8) is 0 Å². The molecule has 0 aliphatic heterocycles. The Morgan fingerprint density at radius 1 is 1.50 bits per heavy atom. The van der Waals surface area contributed by atoms with Gasteiger partial charge >= 0.3 is 0 Å². The highest BCUT2D eigenvalue weighted by Gasteiger charge is 2.22. The second kappa shape index (κ2) is 7.85. The van der Waals surface area contributed by atoms with E-state index in [0.717, 1.165) is 31.5 Å². The maximum absolute atomic E-state index is 12.7. The lowest BCUT2D eigenvalue weighted by molar-refractivity contribution is 0.0686. The minimum absolute atomic E-state index is 0.00625. The van der Waals surface area contributed by atoms with Crippen molar-refractivity contribution in [2.24, 2.45) is 5.84 Å². The molecule has 0 saturated carbocycles. The number of anilines is 1. The molecule has 1 heterocycles. The van der Waals surface area contributed by atoms with Crippen LogP contribution in [0.2, 0.25) is 0 Å². The first-order valence-electron chi connectivity index (χ1n) is 7.29. The van der Waals surface area contributed by atoms with Gasteiger partial charge in [0, 0.05) is 24.5 Å². The third kappa shape index (κ3) is 3.93. The van der Waals surface area contributed by atoms with Crippen LogP contribution in [-0.4, -0.2) is 28.4 Å². The third-order valence-electron chi connectivity index (χ3n) is 3.56. The van der Waals surface area contributed by atoms with E-state index >= 15 is 0 Å². The maximum atomic E-state index is 12.7. The predicted octanol–water partition coefficient (Wildman–Crippen LogP) is 2.72. The van der Waals surface area contributed by atoms with E-state index in [1.165, 1.54) is 0 Å². The highest BCUT2D eigenvalue weighted by Crippen LogP contribution is 2.19. The van der Waals surface area contributed by atoms with Gasteiger partial charge in [0.25, 0.3) is 5.91 Å². The van der Waals surface area contributed by atoms with Gasteiger partial charge in [-0.1, -0.05) is 20.3 Å². The summed E-state index contributed by atoms with van der Waals surface area (Å²) in [6.07, 6.45) is 4.60. The van der Waals surface area contributed by atoms with E-state index in [0.29, 0.717) is 11.3 Å². The van der Waals surface area contributed by atoms with Crippen LogP contribution in [0.1, 0.15) is 56.1 Å². The number of amides is 1. The van der Waals surface area contributed by atoms with Crippen molar-refractivity contribution < 1.29 is 4.79 Å². The Labute approximate surface area is 121 Å². The van der Waals surface area contributed by atoms with E-state index in [4.69, 9.17) is 5.84 Å². The summed E-state index contributed by atoms with van der Waals surface area (Å²) in [5, 5.41) is 0. The number of nitrogens with zero attached hydrogens (tertiary/aromatic N) is 2. The molecular weight excluding hydrogens is 252 g/mol. The number of aromatic nitrogens is 1. The van der Waals surface area contributed by atoms with Crippen molar-refractivity contribution in [2.75, 3.05) is 12.0 Å². The molecule has 3 N–H and O–H groups in total. The molecule has 5 nitrogen and oxygen atoms in total. The average molecular weight is 278 g/mol. The normalized spacial score (nSPS) is 12.1. The van der Waals surface area contributed by atoms with E-state index in [-0.39, 0.29) is 11.9 Å². The summed E-state index contributed by atoms with van der Waals surface area (Å²) < 4.78 is 0. The molecule has 1 unspecified atom stereocenters. The molecule has 0 fully saturated rings. The number of nitrogen functional groups attached to an aromatic ring is 1. The van der Waals surface area contributed by atoms with Gasteiger partial charge < -0.3 is 10.3 Å². The number of aryl methyl sites for hydroxylation is 1. The summed E-state index contributed by atoms with van der Waals surface area (Å²) in [4.78, 5) is 18.9. The van der Waals surface area contributed by atoms with E-state index in [9.17, 15) is 4.79 Å². The number of unbranched alkanes of at least 4 members (excludes halogenated alkanes) is 1. The zero-order valence-electron chi connectivity index (χ0n) is 12.9. The Bertz CT molecular complexity index is 447. The number of nitrogens with one attached hydrogen (secondary N) is 1. The number of pyridine rings is 1. The lowest BCUT2D eigenvalue weighted by Crippen LogP contribution is -2.39. The Hall–Kier alpha value is -1.62. The van der Waals surface area contributed by atoms with Gasteiger partial charge in [-0.3, -0.25) is 15.6 Å². The molecule has 0 aliphatic rings. The number of nitrogens with two attached hydrogens (primary N) is 1. The zero-order chi connectivity index (χ0) is 15.1. The van der Waals surface area contributed by atoms with Gasteiger partial charge in [0.2, 0.25) is 0 Å². The van der Waals surface area contributed by atoms with Crippen molar-refractivity contribution in [1.82, 2.24) is 9.88 Å². The molecule has 0 saturated heterocycles. The second-order valence-corrected chi connectivity index (χ2v) is 5.12. The van der Waals surface area contributed by atoms with Crippen LogP contribution in [0.5, 0.6) is 0 Å². The molecule has 0 aliphatic carbocycles. The number of hydrazine groups is 1. The number of hydrogen-bond donors (Lipinski definition) is 2. The molecule has 1 rings (SSSR count). The molecule has 0 aromatic carbocycles. The molecule has 1 aromatic heterocycles. The summed E-state index contributed by atoms with van der Waals surface area (Å²) in [6.45, 7) is 8.93. The van der Waals surface area contributed by atoms with Crippen LogP contribution >= 0.6 is 0 Å².